The highest BCUT2D eigenvalue weighted by Crippen LogP contribution is 2.25. The fourth-order valence-corrected chi connectivity index (χ4v) is 2.51. The maximum absolute atomic E-state index is 12.0. The summed E-state index contributed by atoms with van der Waals surface area (Å²) >= 11 is 21.1. The molecule has 0 heterocycles. The Bertz CT molecular complexity index is 716. The normalized spacial score (nSPS) is 10.9. The average Bonchev–Trinajstić information content (AvgIpc) is 2.42. The lowest BCUT2D eigenvalue weighted by atomic mass is 10.1. The predicted octanol–water partition coefficient (Wildman–Crippen LogP) is 6.22. The third-order valence-corrected chi connectivity index (χ3v) is 4.38. The molecule has 21 heavy (non-hydrogen) atoms. The van der Waals surface area contributed by atoms with Gasteiger partial charge in [-0.15, -0.1) is 0 Å². The maximum Gasteiger partial charge on any atom is 0.188 e. The smallest absolute Gasteiger partial charge is 0.188 e. The number of hydrogen-bond acceptors (Lipinski definition) is 2. The summed E-state index contributed by atoms with van der Waals surface area (Å²) in [5.74, 6) is -0.215. The molecule has 0 bridgehead atoms. The van der Waals surface area contributed by atoms with Gasteiger partial charge in [-0.05, 0) is 52.3 Å². The van der Waals surface area contributed by atoms with Crippen LogP contribution in [0.5, 0.6) is 0 Å². The van der Waals surface area contributed by atoms with Gasteiger partial charge in [0.25, 0.3) is 0 Å². The van der Waals surface area contributed by atoms with Crippen molar-refractivity contribution in [3.05, 3.63) is 73.8 Å². The highest BCUT2D eigenvalue weighted by atomic mass is 79.9. The van der Waals surface area contributed by atoms with Gasteiger partial charge in [-0.2, -0.15) is 0 Å². The van der Waals surface area contributed by atoms with Crippen molar-refractivity contribution in [1.29, 1.82) is 0 Å². The lowest BCUT2D eigenvalue weighted by Crippen LogP contribution is -1.97. The van der Waals surface area contributed by atoms with Gasteiger partial charge in [0.05, 0.1) is 10.0 Å². The third-order valence-electron chi connectivity index (χ3n) is 2.60. The minimum absolute atomic E-state index is 0.215. The van der Waals surface area contributed by atoms with Crippen molar-refractivity contribution in [3.8, 4) is 0 Å². The predicted molar refractivity (Wildman–Crippen MR) is 92.7 cm³/mol. The van der Waals surface area contributed by atoms with Crippen LogP contribution in [0.2, 0.25) is 15.1 Å². The van der Waals surface area contributed by atoms with E-state index in [0.717, 1.165) is 10.2 Å². The van der Waals surface area contributed by atoms with Crippen LogP contribution in [0.1, 0.15) is 10.4 Å². The van der Waals surface area contributed by atoms with E-state index in [1.807, 2.05) is 12.1 Å². The van der Waals surface area contributed by atoms with Crippen molar-refractivity contribution in [2.24, 2.45) is 0 Å². The van der Waals surface area contributed by atoms with E-state index in [1.54, 1.807) is 18.2 Å². The molecule has 0 saturated heterocycles. The van der Waals surface area contributed by atoms with Gasteiger partial charge in [0.1, 0.15) is 0 Å². The molecule has 0 aliphatic carbocycles. The van der Waals surface area contributed by atoms with Gasteiger partial charge in [0.15, 0.2) is 5.78 Å². The van der Waals surface area contributed by atoms with Crippen molar-refractivity contribution >= 4 is 62.2 Å². The van der Waals surface area contributed by atoms with Gasteiger partial charge < -0.3 is 5.32 Å². The first kappa shape index (κ1) is 16.4. The number of ketones is 1. The van der Waals surface area contributed by atoms with Crippen LogP contribution in [-0.4, -0.2) is 5.78 Å². The fourth-order valence-electron chi connectivity index (χ4n) is 1.58. The molecule has 0 spiro atoms. The summed E-state index contributed by atoms with van der Waals surface area (Å²) in [6, 6.07) is 10.1. The molecule has 0 unspecified atom stereocenters. The minimum atomic E-state index is -0.215. The lowest BCUT2D eigenvalue weighted by Gasteiger charge is -2.03. The van der Waals surface area contributed by atoms with Crippen LogP contribution in [0.3, 0.4) is 0 Å². The molecule has 2 nitrogen and oxygen atoms in total. The molecule has 0 aliphatic heterocycles. The molecule has 0 fully saturated rings. The first-order valence-electron chi connectivity index (χ1n) is 5.85. The minimum Gasteiger partial charge on any atom is -0.362 e. The van der Waals surface area contributed by atoms with Gasteiger partial charge >= 0.3 is 0 Å². The Kier molecular flexibility index (Phi) is 5.71. The Morgan fingerprint density at radius 3 is 2.48 bits per heavy atom. The van der Waals surface area contributed by atoms with Crippen molar-refractivity contribution in [2.75, 3.05) is 5.32 Å². The summed E-state index contributed by atoms with van der Waals surface area (Å²) in [6.07, 6.45) is 2.93. The van der Waals surface area contributed by atoms with E-state index < -0.39 is 0 Å². The zero-order valence-electron chi connectivity index (χ0n) is 10.5. The van der Waals surface area contributed by atoms with Gasteiger partial charge in [0.2, 0.25) is 0 Å². The summed E-state index contributed by atoms with van der Waals surface area (Å²) in [5, 5.41) is 4.36. The standard InChI is InChI=1S/C15H9BrCl3NO/c16-12-4-2-10(8-14(12)19)20-6-5-15(21)11-3-1-9(17)7-13(11)18/h1-8,20H. The number of anilines is 1. The number of carbonyl (C=O) groups excluding carboxylic acids is 1. The number of carbonyl (C=O) groups is 1. The third kappa shape index (κ3) is 4.48. The molecule has 2 aromatic rings. The number of hydrogen-bond donors (Lipinski definition) is 1. The van der Waals surface area contributed by atoms with Gasteiger partial charge in [0, 0.05) is 33.0 Å². The molecular formula is C15H9BrCl3NO. The van der Waals surface area contributed by atoms with Crippen LogP contribution < -0.4 is 5.32 Å². The zero-order chi connectivity index (χ0) is 15.4. The molecule has 0 aromatic heterocycles. The lowest BCUT2D eigenvalue weighted by molar-refractivity contribution is 0.104. The number of rotatable bonds is 4. The fraction of sp³-hybridized carbons (Fsp3) is 0. The molecule has 0 atom stereocenters. The Morgan fingerprint density at radius 2 is 1.81 bits per heavy atom. The summed E-state index contributed by atoms with van der Waals surface area (Å²) in [4.78, 5) is 12.0. The highest BCUT2D eigenvalue weighted by molar-refractivity contribution is 9.10. The van der Waals surface area contributed by atoms with Crippen LogP contribution in [0, 0.1) is 0 Å². The SMILES string of the molecule is O=C(C=CNc1ccc(Br)c(Cl)c1)c1ccc(Cl)cc1Cl. The van der Waals surface area contributed by atoms with Crippen LogP contribution in [0.25, 0.3) is 0 Å². The topological polar surface area (TPSA) is 29.1 Å². The molecule has 0 radical (unpaired) electrons. The van der Waals surface area contributed by atoms with E-state index in [9.17, 15) is 4.79 Å². The maximum atomic E-state index is 12.0. The van der Waals surface area contributed by atoms with Crippen molar-refractivity contribution in [3.63, 3.8) is 0 Å². The quantitative estimate of drug-likeness (QED) is 0.483. The van der Waals surface area contributed by atoms with E-state index >= 15 is 0 Å². The second kappa shape index (κ2) is 7.32. The zero-order valence-corrected chi connectivity index (χ0v) is 14.4. The first-order chi connectivity index (χ1) is 9.97. The highest BCUT2D eigenvalue weighted by Gasteiger charge is 2.07. The summed E-state index contributed by atoms with van der Waals surface area (Å²) in [6.45, 7) is 0. The number of allylic oxidation sites excluding steroid dienone is 1. The van der Waals surface area contributed by atoms with Crippen LogP contribution in [-0.2, 0) is 0 Å². The molecule has 6 heteroatoms. The number of nitrogens with one attached hydrogen (secondary N) is 1. The van der Waals surface area contributed by atoms with Crippen LogP contribution in [0.15, 0.2) is 53.1 Å². The Hall–Kier alpha value is -1.000. The summed E-state index contributed by atoms with van der Waals surface area (Å²) in [7, 11) is 0. The number of halogens is 4. The second-order valence-corrected chi connectivity index (χ2v) is 6.20. The van der Waals surface area contributed by atoms with Gasteiger partial charge in [-0.25, -0.2) is 0 Å². The van der Waals surface area contributed by atoms with E-state index in [-0.39, 0.29) is 5.78 Å². The summed E-state index contributed by atoms with van der Waals surface area (Å²) < 4.78 is 0.808. The van der Waals surface area contributed by atoms with E-state index in [1.165, 1.54) is 18.3 Å². The van der Waals surface area contributed by atoms with Crippen LogP contribution >= 0.6 is 50.7 Å². The Labute approximate surface area is 145 Å². The monoisotopic (exact) mass is 403 g/mol. The van der Waals surface area contributed by atoms with Gasteiger partial charge in [-0.3, -0.25) is 4.79 Å². The van der Waals surface area contributed by atoms with Crippen molar-refractivity contribution < 1.29 is 4.79 Å². The molecule has 1 N–H and O–H groups in total. The Balaban J connectivity index is 2.06. The number of benzene rings is 2. The van der Waals surface area contributed by atoms with Crippen molar-refractivity contribution in [1.82, 2.24) is 0 Å². The molecule has 0 amide bonds. The first-order valence-corrected chi connectivity index (χ1v) is 7.77. The van der Waals surface area contributed by atoms with Crippen LogP contribution in [0.4, 0.5) is 5.69 Å². The molecule has 108 valence electrons. The molecule has 0 saturated carbocycles. The second-order valence-electron chi connectivity index (χ2n) is 4.09. The van der Waals surface area contributed by atoms with E-state index in [2.05, 4.69) is 21.2 Å². The summed E-state index contributed by atoms with van der Waals surface area (Å²) in [5.41, 5.74) is 1.17. The molecule has 0 aliphatic rings. The van der Waals surface area contributed by atoms with Crippen molar-refractivity contribution in [2.45, 2.75) is 0 Å². The van der Waals surface area contributed by atoms with E-state index in [4.69, 9.17) is 34.8 Å². The van der Waals surface area contributed by atoms with Gasteiger partial charge in [-0.1, -0.05) is 34.8 Å². The molecular weight excluding hydrogens is 396 g/mol. The Morgan fingerprint density at radius 1 is 1.05 bits per heavy atom. The molecule has 2 aromatic carbocycles. The average molecular weight is 406 g/mol. The largest absolute Gasteiger partial charge is 0.362 e. The van der Waals surface area contributed by atoms with E-state index in [0.29, 0.717) is 20.6 Å². The molecule has 2 rings (SSSR count).